The molecule has 0 amide bonds. The van der Waals surface area contributed by atoms with Crippen molar-refractivity contribution in [1.82, 2.24) is 15.6 Å². The number of thiazole rings is 1. The second-order valence-electron chi connectivity index (χ2n) is 5.82. The molecule has 0 aliphatic carbocycles. The summed E-state index contributed by atoms with van der Waals surface area (Å²) in [6.45, 7) is 4.80. The smallest absolute Gasteiger partial charge is 0.191 e. The fourth-order valence-corrected chi connectivity index (χ4v) is 4.10. The quantitative estimate of drug-likeness (QED) is 0.603. The number of rotatable bonds is 4. The molecule has 0 spiro atoms. The zero-order chi connectivity index (χ0) is 16.9. The zero-order valence-electron chi connectivity index (χ0n) is 13.9. The van der Waals surface area contributed by atoms with Gasteiger partial charge in [-0.05, 0) is 41.4 Å². The first kappa shape index (κ1) is 17.2. The van der Waals surface area contributed by atoms with E-state index in [0.717, 1.165) is 35.0 Å². The molecule has 1 aliphatic heterocycles. The fraction of sp³-hybridized carbons (Fsp3) is 0.412. The molecule has 1 aliphatic rings. The third-order valence-corrected chi connectivity index (χ3v) is 5.61. The van der Waals surface area contributed by atoms with Crippen molar-refractivity contribution in [3.63, 3.8) is 0 Å². The van der Waals surface area contributed by atoms with Crippen molar-refractivity contribution in [2.75, 3.05) is 25.0 Å². The van der Waals surface area contributed by atoms with Gasteiger partial charge >= 0.3 is 0 Å². The highest BCUT2D eigenvalue weighted by Gasteiger charge is 2.24. The van der Waals surface area contributed by atoms with Gasteiger partial charge in [0.2, 0.25) is 0 Å². The van der Waals surface area contributed by atoms with Crippen LogP contribution in [0, 0.1) is 6.92 Å². The topological polar surface area (TPSA) is 52.6 Å². The SMILES string of the molecule is CN=C(NCc1ncc(C)s1)NC1CCN(c2ccccc2Br)C1. The highest BCUT2D eigenvalue weighted by Crippen LogP contribution is 2.28. The van der Waals surface area contributed by atoms with E-state index in [1.165, 1.54) is 10.6 Å². The molecule has 3 rings (SSSR count). The molecule has 1 saturated heterocycles. The summed E-state index contributed by atoms with van der Waals surface area (Å²) in [4.78, 5) is 12.3. The standard InChI is InChI=1S/C17H22BrN5S/c1-12-9-20-16(24-12)10-21-17(19-2)22-13-7-8-23(11-13)15-6-4-3-5-14(15)18/h3-6,9,13H,7-8,10-11H2,1-2H3,(H2,19,21,22). The fourth-order valence-electron chi connectivity index (χ4n) is 2.84. The number of aryl methyl sites for hydroxylation is 1. The lowest BCUT2D eigenvalue weighted by atomic mass is 10.3. The second kappa shape index (κ2) is 7.98. The van der Waals surface area contributed by atoms with Gasteiger partial charge in [-0.15, -0.1) is 11.3 Å². The number of anilines is 1. The molecule has 7 heteroatoms. The van der Waals surface area contributed by atoms with Crippen LogP contribution in [-0.4, -0.2) is 37.1 Å². The van der Waals surface area contributed by atoms with E-state index >= 15 is 0 Å². The molecule has 1 aromatic heterocycles. The van der Waals surface area contributed by atoms with Crippen LogP contribution in [0.4, 0.5) is 5.69 Å². The molecule has 2 aromatic rings. The van der Waals surface area contributed by atoms with E-state index in [2.05, 4.69) is 66.6 Å². The Labute approximate surface area is 155 Å². The first-order valence-electron chi connectivity index (χ1n) is 8.03. The number of benzene rings is 1. The van der Waals surface area contributed by atoms with Crippen LogP contribution in [0.25, 0.3) is 0 Å². The van der Waals surface area contributed by atoms with Gasteiger partial charge in [-0.3, -0.25) is 4.99 Å². The van der Waals surface area contributed by atoms with Gasteiger partial charge in [0, 0.05) is 41.7 Å². The van der Waals surface area contributed by atoms with Gasteiger partial charge in [-0.25, -0.2) is 4.98 Å². The molecular formula is C17H22BrN5S. The summed E-state index contributed by atoms with van der Waals surface area (Å²) in [5, 5.41) is 7.95. The van der Waals surface area contributed by atoms with E-state index in [9.17, 15) is 0 Å². The van der Waals surface area contributed by atoms with Crippen LogP contribution < -0.4 is 15.5 Å². The largest absolute Gasteiger partial charge is 0.368 e. The van der Waals surface area contributed by atoms with Gasteiger partial charge in [-0.1, -0.05) is 12.1 Å². The average molecular weight is 408 g/mol. The number of nitrogens with one attached hydrogen (secondary N) is 2. The van der Waals surface area contributed by atoms with Crippen molar-refractivity contribution in [3.05, 3.63) is 44.8 Å². The van der Waals surface area contributed by atoms with Gasteiger partial charge in [0.05, 0.1) is 12.2 Å². The van der Waals surface area contributed by atoms with Gasteiger partial charge in [0.25, 0.3) is 0 Å². The molecule has 1 unspecified atom stereocenters. The van der Waals surface area contributed by atoms with Crippen LogP contribution in [0.5, 0.6) is 0 Å². The number of halogens is 1. The van der Waals surface area contributed by atoms with E-state index in [1.807, 2.05) is 19.3 Å². The Morgan fingerprint density at radius 2 is 2.29 bits per heavy atom. The maximum atomic E-state index is 4.38. The Bertz CT molecular complexity index is 715. The first-order valence-corrected chi connectivity index (χ1v) is 9.64. The molecule has 1 fully saturated rings. The molecule has 128 valence electrons. The third-order valence-electron chi connectivity index (χ3n) is 4.02. The lowest BCUT2D eigenvalue weighted by Crippen LogP contribution is -2.44. The Hall–Kier alpha value is -1.60. The summed E-state index contributed by atoms with van der Waals surface area (Å²) in [5.74, 6) is 0.835. The van der Waals surface area contributed by atoms with Gasteiger partial charge < -0.3 is 15.5 Å². The molecular weight excluding hydrogens is 386 g/mol. The third kappa shape index (κ3) is 4.27. The van der Waals surface area contributed by atoms with E-state index in [4.69, 9.17) is 0 Å². The van der Waals surface area contributed by atoms with Crippen LogP contribution in [0.3, 0.4) is 0 Å². The maximum absolute atomic E-state index is 4.38. The predicted octanol–water partition coefficient (Wildman–Crippen LogP) is 3.16. The molecule has 0 bridgehead atoms. The summed E-state index contributed by atoms with van der Waals surface area (Å²) in [6, 6.07) is 8.76. The van der Waals surface area contributed by atoms with E-state index in [1.54, 1.807) is 11.3 Å². The minimum absolute atomic E-state index is 0.390. The lowest BCUT2D eigenvalue weighted by Gasteiger charge is -2.21. The van der Waals surface area contributed by atoms with Crippen molar-refractivity contribution >= 4 is 38.9 Å². The number of guanidine groups is 1. The van der Waals surface area contributed by atoms with E-state index in [0.29, 0.717) is 12.6 Å². The van der Waals surface area contributed by atoms with Gasteiger partial charge in [-0.2, -0.15) is 0 Å². The van der Waals surface area contributed by atoms with Crippen LogP contribution in [0.2, 0.25) is 0 Å². The van der Waals surface area contributed by atoms with Crippen LogP contribution in [0.1, 0.15) is 16.3 Å². The number of hydrogen-bond donors (Lipinski definition) is 2. The zero-order valence-corrected chi connectivity index (χ0v) is 16.3. The second-order valence-corrected chi connectivity index (χ2v) is 7.99. The van der Waals surface area contributed by atoms with Crippen molar-refractivity contribution in [2.45, 2.75) is 25.9 Å². The summed E-state index contributed by atoms with van der Waals surface area (Å²) in [5.41, 5.74) is 1.25. The van der Waals surface area contributed by atoms with Crippen molar-refractivity contribution < 1.29 is 0 Å². The van der Waals surface area contributed by atoms with Crippen LogP contribution in [-0.2, 0) is 6.54 Å². The normalized spacial score (nSPS) is 18.0. The van der Waals surface area contributed by atoms with E-state index in [-0.39, 0.29) is 0 Å². The summed E-state index contributed by atoms with van der Waals surface area (Å²) < 4.78 is 1.15. The Balaban J connectivity index is 1.53. The molecule has 0 radical (unpaired) electrons. The van der Waals surface area contributed by atoms with Crippen LogP contribution in [0.15, 0.2) is 39.9 Å². The monoisotopic (exact) mass is 407 g/mol. The van der Waals surface area contributed by atoms with Crippen molar-refractivity contribution in [1.29, 1.82) is 0 Å². The minimum Gasteiger partial charge on any atom is -0.368 e. The summed E-state index contributed by atoms with van der Waals surface area (Å²) in [7, 11) is 1.81. The highest BCUT2D eigenvalue weighted by atomic mass is 79.9. The lowest BCUT2D eigenvalue weighted by molar-refractivity contribution is 0.648. The maximum Gasteiger partial charge on any atom is 0.191 e. The molecule has 1 aromatic carbocycles. The number of aromatic nitrogens is 1. The number of hydrogen-bond acceptors (Lipinski definition) is 4. The van der Waals surface area contributed by atoms with Crippen molar-refractivity contribution in [2.24, 2.45) is 4.99 Å². The predicted molar refractivity (Wildman–Crippen MR) is 105 cm³/mol. The van der Waals surface area contributed by atoms with Gasteiger partial charge in [0.1, 0.15) is 5.01 Å². The summed E-state index contributed by atoms with van der Waals surface area (Å²) in [6.07, 6.45) is 3.00. The average Bonchev–Trinajstić information content (AvgIpc) is 3.21. The summed E-state index contributed by atoms with van der Waals surface area (Å²) >= 11 is 5.35. The Morgan fingerprint density at radius 3 is 3.00 bits per heavy atom. The number of nitrogens with zero attached hydrogens (tertiary/aromatic N) is 3. The van der Waals surface area contributed by atoms with Crippen molar-refractivity contribution in [3.8, 4) is 0 Å². The first-order chi connectivity index (χ1) is 11.7. The Kier molecular flexibility index (Phi) is 5.73. The number of aliphatic imine (C=N–C) groups is 1. The molecule has 0 saturated carbocycles. The highest BCUT2D eigenvalue weighted by molar-refractivity contribution is 9.10. The minimum atomic E-state index is 0.390. The van der Waals surface area contributed by atoms with E-state index < -0.39 is 0 Å². The molecule has 1 atom stereocenters. The Morgan fingerprint density at radius 1 is 1.46 bits per heavy atom. The van der Waals surface area contributed by atoms with Crippen LogP contribution >= 0.6 is 27.3 Å². The number of para-hydroxylation sites is 1. The molecule has 5 nitrogen and oxygen atoms in total. The molecule has 2 heterocycles. The van der Waals surface area contributed by atoms with Gasteiger partial charge in [0.15, 0.2) is 5.96 Å². The molecule has 2 N–H and O–H groups in total. The molecule has 24 heavy (non-hydrogen) atoms.